The Hall–Kier alpha value is -1.54. The minimum absolute atomic E-state index is 0.243. The molecule has 2 heteroatoms. The van der Waals surface area contributed by atoms with Crippen LogP contribution < -0.4 is 4.74 Å². The van der Waals surface area contributed by atoms with Crippen LogP contribution in [-0.4, -0.2) is 18.8 Å². The quantitative estimate of drug-likeness (QED) is 0.851. The van der Waals surface area contributed by atoms with Crippen molar-refractivity contribution in [2.45, 2.75) is 12.8 Å². The highest BCUT2D eigenvalue weighted by Crippen LogP contribution is 2.24. The summed E-state index contributed by atoms with van der Waals surface area (Å²) in [6.45, 7) is 0.243. The fourth-order valence-corrected chi connectivity index (χ4v) is 1.94. The Morgan fingerprint density at radius 1 is 1.19 bits per heavy atom. The summed E-state index contributed by atoms with van der Waals surface area (Å²) in [5.74, 6) is 0.881. The molecule has 0 saturated carbocycles. The fraction of sp³-hybridized carbons (Fsp3) is 0.286. The van der Waals surface area contributed by atoms with Crippen molar-refractivity contribution in [2.75, 3.05) is 13.7 Å². The molecule has 0 atom stereocenters. The number of hydrogen-bond acceptors (Lipinski definition) is 2. The van der Waals surface area contributed by atoms with E-state index in [2.05, 4.69) is 24.3 Å². The van der Waals surface area contributed by atoms with E-state index < -0.39 is 0 Å². The zero-order valence-electron chi connectivity index (χ0n) is 9.44. The van der Waals surface area contributed by atoms with E-state index in [0.717, 1.165) is 18.6 Å². The standard InChI is InChI=1S/C14H16O2/c1-16-13-7-8-14-11(6-3-9-15)4-2-5-12(14)10-13/h2,4-5,7-8,10,15H,3,6,9H2,1H3. The molecule has 0 radical (unpaired) electrons. The van der Waals surface area contributed by atoms with E-state index in [1.165, 1.54) is 16.3 Å². The van der Waals surface area contributed by atoms with Gasteiger partial charge in [-0.3, -0.25) is 0 Å². The summed E-state index contributed by atoms with van der Waals surface area (Å²) in [5, 5.41) is 11.3. The molecule has 0 aromatic heterocycles. The number of aliphatic hydroxyl groups excluding tert-OH is 1. The summed E-state index contributed by atoms with van der Waals surface area (Å²) in [6.07, 6.45) is 1.73. The van der Waals surface area contributed by atoms with E-state index in [-0.39, 0.29) is 6.61 Å². The summed E-state index contributed by atoms with van der Waals surface area (Å²) < 4.78 is 5.20. The molecular formula is C14H16O2. The van der Waals surface area contributed by atoms with E-state index in [0.29, 0.717) is 0 Å². The first-order chi connectivity index (χ1) is 7.85. The van der Waals surface area contributed by atoms with Crippen LogP contribution in [0, 0.1) is 0 Å². The largest absolute Gasteiger partial charge is 0.497 e. The first-order valence-corrected chi connectivity index (χ1v) is 5.51. The molecular weight excluding hydrogens is 200 g/mol. The van der Waals surface area contributed by atoms with Crippen LogP contribution in [0.15, 0.2) is 36.4 Å². The Balaban J connectivity index is 2.43. The Morgan fingerprint density at radius 2 is 2.06 bits per heavy atom. The first kappa shape index (κ1) is 11.0. The number of aliphatic hydroxyl groups is 1. The van der Waals surface area contributed by atoms with Gasteiger partial charge >= 0.3 is 0 Å². The van der Waals surface area contributed by atoms with Crippen LogP contribution in [0.4, 0.5) is 0 Å². The van der Waals surface area contributed by atoms with E-state index in [4.69, 9.17) is 9.84 Å². The van der Waals surface area contributed by atoms with Crippen molar-refractivity contribution in [2.24, 2.45) is 0 Å². The lowest BCUT2D eigenvalue weighted by Crippen LogP contribution is -1.91. The third-order valence-electron chi connectivity index (χ3n) is 2.78. The van der Waals surface area contributed by atoms with E-state index in [1.807, 2.05) is 12.1 Å². The van der Waals surface area contributed by atoms with Crippen LogP contribution in [0.2, 0.25) is 0 Å². The molecule has 2 aromatic carbocycles. The van der Waals surface area contributed by atoms with Crippen molar-refractivity contribution in [3.8, 4) is 5.75 Å². The minimum atomic E-state index is 0.243. The molecule has 0 spiro atoms. The average Bonchev–Trinajstić information content (AvgIpc) is 2.35. The number of benzene rings is 2. The van der Waals surface area contributed by atoms with Gasteiger partial charge in [0.05, 0.1) is 7.11 Å². The molecule has 0 saturated heterocycles. The summed E-state index contributed by atoms with van der Waals surface area (Å²) in [7, 11) is 1.68. The average molecular weight is 216 g/mol. The first-order valence-electron chi connectivity index (χ1n) is 5.51. The Labute approximate surface area is 95.5 Å². The Kier molecular flexibility index (Phi) is 3.42. The number of fused-ring (bicyclic) bond motifs is 1. The third-order valence-corrected chi connectivity index (χ3v) is 2.78. The summed E-state index contributed by atoms with van der Waals surface area (Å²) >= 11 is 0. The normalized spacial score (nSPS) is 10.6. The number of methoxy groups -OCH3 is 1. The van der Waals surface area contributed by atoms with Crippen molar-refractivity contribution in [1.29, 1.82) is 0 Å². The van der Waals surface area contributed by atoms with Crippen molar-refractivity contribution < 1.29 is 9.84 Å². The second kappa shape index (κ2) is 4.99. The van der Waals surface area contributed by atoms with Gasteiger partial charge in [-0.05, 0) is 41.3 Å². The molecule has 0 bridgehead atoms. The molecule has 0 aliphatic carbocycles. The molecule has 2 nitrogen and oxygen atoms in total. The number of rotatable bonds is 4. The van der Waals surface area contributed by atoms with Crippen LogP contribution in [0.5, 0.6) is 5.75 Å². The SMILES string of the molecule is COc1ccc2c(CCCO)cccc2c1. The van der Waals surface area contributed by atoms with Crippen molar-refractivity contribution in [1.82, 2.24) is 0 Å². The molecule has 0 aliphatic rings. The van der Waals surface area contributed by atoms with Crippen LogP contribution in [0.25, 0.3) is 10.8 Å². The Bertz CT molecular complexity index is 477. The fourth-order valence-electron chi connectivity index (χ4n) is 1.94. The summed E-state index contributed by atoms with van der Waals surface area (Å²) in [5.41, 5.74) is 1.29. The molecule has 0 aliphatic heterocycles. The van der Waals surface area contributed by atoms with Gasteiger partial charge in [-0.25, -0.2) is 0 Å². The summed E-state index contributed by atoms with van der Waals surface area (Å²) in [4.78, 5) is 0. The summed E-state index contributed by atoms with van der Waals surface area (Å²) in [6, 6.07) is 12.3. The molecule has 1 N–H and O–H groups in total. The molecule has 2 aromatic rings. The highest BCUT2D eigenvalue weighted by molar-refractivity contribution is 5.87. The lowest BCUT2D eigenvalue weighted by molar-refractivity contribution is 0.289. The molecule has 0 fully saturated rings. The predicted molar refractivity (Wildman–Crippen MR) is 65.9 cm³/mol. The van der Waals surface area contributed by atoms with Crippen LogP contribution in [-0.2, 0) is 6.42 Å². The van der Waals surface area contributed by atoms with Gasteiger partial charge in [0.25, 0.3) is 0 Å². The van der Waals surface area contributed by atoms with Crippen LogP contribution >= 0.6 is 0 Å². The Morgan fingerprint density at radius 3 is 2.81 bits per heavy atom. The maximum Gasteiger partial charge on any atom is 0.119 e. The molecule has 84 valence electrons. The molecule has 0 unspecified atom stereocenters. The smallest absolute Gasteiger partial charge is 0.119 e. The van der Waals surface area contributed by atoms with Gasteiger partial charge in [0, 0.05) is 6.61 Å². The predicted octanol–water partition coefficient (Wildman–Crippen LogP) is 2.77. The second-order valence-electron chi connectivity index (χ2n) is 3.83. The molecule has 16 heavy (non-hydrogen) atoms. The van der Waals surface area contributed by atoms with Crippen molar-refractivity contribution in [3.63, 3.8) is 0 Å². The van der Waals surface area contributed by atoms with Gasteiger partial charge in [-0.1, -0.05) is 24.3 Å². The number of hydrogen-bond donors (Lipinski definition) is 1. The monoisotopic (exact) mass is 216 g/mol. The van der Waals surface area contributed by atoms with Crippen LogP contribution in [0.3, 0.4) is 0 Å². The molecule has 0 heterocycles. The number of ether oxygens (including phenoxy) is 1. The van der Waals surface area contributed by atoms with E-state index in [1.54, 1.807) is 7.11 Å². The molecule has 0 amide bonds. The van der Waals surface area contributed by atoms with E-state index in [9.17, 15) is 0 Å². The zero-order valence-corrected chi connectivity index (χ0v) is 9.44. The number of aryl methyl sites for hydroxylation is 1. The van der Waals surface area contributed by atoms with Crippen molar-refractivity contribution in [3.05, 3.63) is 42.0 Å². The maximum absolute atomic E-state index is 8.86. The van der Waals surface area contributed by atoms with Gasteiger partial charge in [0.15, 0.2) is 0 Å². The lowest BCUT2D eigenvalue weighted by atomic mass is 10.0. The topological polar surface area (TPSA) is 29.5 Å². The highest BCUT2D eigenvalue weighted by Gasteiger charge is 2.01. The zero-order chi connectivity index (χ0) is 11.4. The van der Waals surface area contributed by atoms with Gasteiger partial charge in [-0.15, -0.1) is 0 Å². The van der Waals surface area contributed by atoms with E-state index >= 15 is 0 Å². The maximum atomic E-state index is 8.86. The second-order valence-corrected chi connectivity index (χ2v) is 3.83. The van der Waals surface area contributed by atoms with Crippen molar-refractivity contribution >= 4 is 10.8 Å². The van der Waals surface area contributed by atoms with Gasteiger partial charge < -0.3 is 9.84 Å². The highest BCUT2D eigenvalue weighted by atomic mass is 16.5. The van der Waals surface area contributed by atoms with Crippen LogP contribution in [0.1, 0.15) is 12.0 Å². The molecule has 2 rings (SSSR count). The van der Waals surface area contributed by atoms with Gasteiger partial charge in [-0.2, -0.15) is 0 Å². The lowest BCUT2D eigenvalue weighted by Gasteiger charge is -2.07. The minimum Gasteiger partial charge on any atom is -0.497 e. The third kappa shape index (κ3) is 2.17. The van der Waals surface area contributed by atoms with Gasteiger partial charge in [0.2, 0.25) is 0 Å². The van der Waals surface area contributed by atoms with Gasteiger partial charge in [0.1, 0.15) is 5.75 Å².